The summed E-state index contributed by atoms with van der Waals surface area (Å²) in [6.45, 7) is 2.10. The lowest BCUT2D eigenvalue weighted by molar-refractivity contribution is 0.393. The molecular weight excluding hydrogens is 226 g/mol. The summed E-state index contributed by atoms with van der Waals surface area (Å²) < 4.78 is 7.86. The first kappa shape index (κ1) is 12.9. The van der Waals surface area contributed by atoms with Crippen molar-refractivity contribution in [1.82, 2.24) is 14.9 Å². The summed E-state index contributed by atoms with van der Waals surface area (Å²) in [5, 5.41) is 3.31. The van der Waals surface area contributed by atoms with Crippen molar-refractivity contribution >= 4 is 0 Å². The summed E-state index contributed by atoms with van der Waals surface area (Å²) in [6.07, 6.45) is 6.68. The summed E-state index contributed by atoms with van der Waals surface area (Å²) in [4.78, 5) is 4.34. The lowest BCUT2D eigenvalue weighted by Gasteiger charge is -2.13. The second kappa shape index (κ2) is 5.87. The molecule has 0 bridgehead atoms. The fourth-order valence-electron chi connectivity index (χ4n) is 2.11. The number of furan rings is 1. The molecule has 2 rings (SSSR count). The van der Waals surface area contributed by atoms with Gasteiger partial charge >= 0.3 is 0 Å². The molecular formula is C14H21N3O. The standard InChI is InChI=1S/C14H21N3O/c1-4-11-5-7-13(18-11)12(15-2)6-8-14-16-9-10-17(14)3/h5,7,9-10,12,15H,4,6,8H2,1-3H3. The first-order valence-electron chi connectivity index (χ1n) is 6.46. The third kappa shape index (κ3) is 2.82. The van der Waals surface area contributed by atoms with Crippen LogP contribution < -0.4 is 5.32 Å². The average Bonchev–Trinajstić information content (AvgIpc) is 3.00. The molecule has 18 heavy (non-hydrogen) atoms. The molecule has 0 aliphatic heterocycles. The normalized spacial score (nSPS) is 12.8. The maximum absolute atomic E-state index is 5.80. The van der Waals surface area contributed by atoms with Crippen LogP contribution in [0.4, 0.5) is 0 Å². The predicted octanol–water partition coefficient (Wildman–Crippen LogP) is 2.47. The van der Waals surface area contributed by atoms with E-state index in [4.69, 9.17) is 4.42 Å². The largest absolute Gasteiger partial charge is 0.464 e. The molecule has 1 atom stereocenters. The number of aryl methyl sites for hydroxylation is 3. The Morgan fingerprint density at radius 3 is 2.83 bits per heavy atom. The molecule has 0 saturated carbocycles. The van der Waals surface area contributed by atoms with Gasteiger partial charge in [0.05, 0.1) is 6.04 Å². The molecule has 0 aliphatic carbocycles. The Morgan fingerprint density at radius 2 is 2.28 bits per heavy atom. The number of aromatic nitrogens is 2. The van der Waals surface area contributed by atoms with Gasteiger partial charge in [-0.05, 0) is 25.6 Å². The highest BCUT2D eigenvalue weighted by Gasteiger charge is 2.14. The average molecular weight is 247 g/mol. The van der Waals surface area contributed by atoms with Crippen molar-refractivity contribution in [2.45, 2.75) is 32.2 Å². The fourth-order valence-corrected chi connectivity index (χ4v) is 2.11. The number of nitrogens with zero attached hydrogens (tertiary/aromatic N) is 2. The van der Waals surface area contributed by atoms with E-state index in [2.05, 4.69) is 33.9 Å². The van der Waals surface area contributed by atoms with Gasteiger partial charge in [0.25, 0.3) is 0 Å². The monoisotopic (exact) mass is 247 g/mol. The van der Waals surface area contributed by atoms with Crippen molar-refractivity contribution in [1.29, 1.82) is 0 Å². The molecule has 2 aromatic heterocycles. The molecule has 0 aromatic carbocycles. The van der Waals surface area contributed by atoms with E-state index in [9.17, 15) is 0 Å². The number of rotatable bonds is 6. The van der Waals surface area contributed by atoms with Crippen molar-refractivity contribution < 1.29 is 4.42 Å². The zero-order chi connectivity index (χ0) is 13.0. The molecule has 4 nitrogen and oxygen atoms in total. The highest BCUT2D eigenvalue weighted by molar-refractivity contribution is 5.11. The summed E-state index contributed by atoms with van der Waals surface area (Å²) in [6, 6.07) is 4.38. The summed E-state index contributed by atoms with van der Waals surface area (Å²) in [5.41, 5.74) is 0. The Labute approximate surface area is 108 Å². The molecule has 0 radical (unpaired) electrons. The second-order valence-corrected chi connectivity index (χ2v) is 4.49. The van der Waals surface area contributed by atoms with Gasteiger partial charge in [-0.1, -0.05) is 6.92 Å². The predicted molar refractivity (Wildman–Crippen MR) is 71.4 cm³/mol. The summed E-state index contributed by atoms with van der Waals surface area (Å²) >= 11 is 0. The Kier molecular flexibility index (Phi) is 4.20. The molecule has 4 heteroatoms. The lowest BCUT2D eigenvalue weighted by Crippen LogP contribution is -2.17. The maximum atomic E-state index is 5.80. The third-order valence-electron chi connectivity index (χ3n) is 3.30. The van der Waals surface area contributed by atoms with Gasteiger partial charge in [0, 0.05) is 32.3 Å². The zero-order valence-electron chi connectivity index (χ0n) is 11.3. The van der Waals surface area contributed by atoms with Crippen LogP contribution in [0.25, 0.3) is 0 Å². The molecule has 1 unspecified atom stereocenters. The van der Waals surface area contributed by atoms with Crippen LogP contribution in [0.3, 0.4) is 0 Å². The van der Waals surface area contributed by atoms with Gasteiger partial charge in [0.15, 0.2) is 0 Å². The quantitative estimate of drug-likeness (QED) is 0.852. The van der Waals surface area contributed by atoms with Crippen LogP contribution in [0.2, 0.25) is 0 Å². The Morgan fingerprint density at radius 1 is 1.44 bits per heavy atom. The van der Waals surface area contributed by atoms with Crippen LogP contribution in [-0.4, -0.2) is 16.6 Å². The van der Waals surface area contributed by atoms with Crippen molar-refractivity contribution in [3.05, 3.63) is 41.9 Å². The Bertz CT molecular complexity index is 487. The van der Waals surface area contributed by atoms with E-state index in [1.807, 2.05) is 26.5 Å². The molecule has 1 N–H and O–H groups in total. The molecule has 0 spiro atoms. The van der Waals surface area contributed by atoms with Crippen molar-refractivity contribution in [3.63, 3.8) is 0 Å². The fraction of sp³-hybridized carbons (Fsp3) is 0.500. The van der Waals surface area contributed by atoms with Crippen LogP contribution in [0.15, 0.2) is 28.9 Å². The smallest absolute Gasteiger partial charge is 0.121 e. The van der Waals surface area contributed by atoms with E-state index in [-0.39, 0.29) is 6.04 Å². The van der Waals surface area contributed by atoms with Gasteiger partial charge in [0.2, 0.25) is 0 Å². The van der Waals surface area contributed by atoms with Gasteiger partial charge in [-0.2, -0.15) is 0 Å². The minimum atomic E-state index is 0.252. The maximum Gasteiger partial charge on any atom is 0.121 e. The lowest BCUT2D eigenvalue weighted by atomic mass is 10.1. The molecule has 0 fully saturated rings. The van der Waals surface area contributed by atoms with Crippen LogP contribution >= 0.6 is 0 Å². The zero-order valence-corrected chi connectivity index (χ0v) is 11.3. The molecule has 0 saturated heterocycles. The van der Waals surface area contributed by atoms with Gasteiger partial charge in [-0.25, -0.2) is 4.98 Å². The highest BCUT2D eigenvalue weighted by Crippen LogP contribution is 2.21. The third-order valence-corrected chi connectivity index (χ3v) is 3.30. The van der Waals surface area contributed by atoms with E-state index >= 15 is 0 Å². The van der Waals surface area contributed by atoms with E-state index in [0.29, 0.717) is 0 Å². The van der Waals surface area contributed by atoms with Crippen molar-refractivity contribution in [2.75, 3.05) is 7.05 Å². The SMILES string of the molecule is CCc1ccc(C(CCc2nccn2C)NC)o1. The minimum Gasteiger partial charge on any atom is -0.464 e. The van der Waals surface area contributed by atoms with E-state index < -0.39 is 0 Å². The Balaban J connectivity index is 1.99. The Hall–Kier alpha value is -1.55. The number of imidazole rings is 1. The van der Waals surface area contributed by atoms with E-state index in [1.165, 1.54) is 0 Å². The minimum absolute atomic E-state index is 0.252. The van der Waals surface area contributed by atoms with Crippen LogP contribution in [-0.2, 0) is 19.9 Å². The van der Waals surface area contributed by atoms with E-state index in [1.54, 1.807) is 0 Å². The van der Waals surface area contributed by atoms with Gasteiger partial charge in [-0.3, -0.25) is 0 Å². The summed E-state index contributed by atoms with van der Waals surface area (Å²) in [5.74, 6) is 3.17. The molecule has 2 aromatic rings. The van der Waals surface area contributed by atoms with Gasteiger partial charge in [-0.15, -0.1) is 0 Å². The molecule has 0 aliphatic rings. The van der Waals surface area contributed by atoms with Crippen LogP contribution in [0.5, 0.6) is 0 Å². The van der Waals surface area contributed by atoms with Crippen LogP contribution in [0, 0.1) is 0 Å². The van der Waals surface area contributed by atoms with Crippen molar-refractivity contribution in [2.24, 2.45) is 7.05 Å². The number of hydrogen-bond acceptors (Lipinski definition) is 3. The second-order valence-electron chi connectivity index (χ2n) is 4.49. The van der Waals surface area contributed by atoms with Crippen molar-refractivity contribution in [3.8, 4) is 0 Å². The molecule has 98 valence electrons. The first-order chi connectivity index (χ1) is 8.74. The molecule has 2 heterocycles. The number of nitrogens with one attached hydrogen (secondary N) is 1. The van der Waals surface area contributed by atoms with E-state index in [0.717, 1.165) is 36.6 Å². The topological polar surface area (TPSA) is 43.0 Å². The summed E-state index contributed by atoms with van der Waals surface area (Å²) in [7, 11) is 4.00. The van der Waals surface area contributed by atoms with Gasteiger partial charge in [0.1, 0.15) is 17.3 Å². The van der Waals surface area contributed by atoms with Crippen LogP contribution in [0.1, 0.15) is 36.7 Å². The molecule has 0 amide bonds. The number of hydrogen-bond donors (Lipinski definition) is 1. The van der Waals surface area contributed by atoms with Gasteiger partial charge < -0.3 is 14.3 Å². The highest BCUT2D eigenvalue weighted by atomic mass is 16.3. The first-order valence-corrected chi connectivity index (χ1v) is 6.46.